The van der Waals surface area contributed by atoms with Crippen LogP contribution in [0.3, 0.4) is 0 Å². The van der Waals surface area contributed by atoms with Crippen LogP contribution in [0.1, 0.15) is 12.0 Å². The molecule has 2 N–H and O–H groups in total. The van der Waals surface area contributed by atoms with E-state index < -0.39 is 36.6 Å². The van der Waals surface area contributed by atoms with Crippen LogP contribution in [0.2, 0.25) is 5.02 Å². The molecule has 0 saturated carbocycles. The number of amides is 1. The predicted molar refractivity (Wildman–Crippen MR) is 69.8 cm³/mol. The Hall–Kier alpha value is -1.96. The number of hydrogen-bond acceptors (Lipinski definition) is 3. The second-order valence-corrected chi connectivity index (χ2v) is 5.22. The van der Waals surface area contributed by atoms with Crippen LogP contribution in [-0.2, 0) is 16.0 Å². The first-order chi connectivity index (χ1) is 10.2. The maximum Gasteiger partial charge on any atom is 0.391 e. The molecule has 9 heteroatoms. The van der Waals surface area contributed by atoms with Gasteiger partial charge in [0.1, 0.15) is 11.8 Å². The van der Waals surface area contributed by atoms with Gasteiger partial charge < -0.3 is 15.2 Å². The Kier molecular flexibility index (Phi) is 4.50. The lowest BCUT2D eigenvalue weighted by atomic mass is 10.1. The van der Waals surface area contributed by atoms with E-state index in [9.17, 15) is 22.8 Å². The maximum atomic E-state index is 12.3. The number of fused-ring (bicyclic) bond motifs is 1. The van der Waals surface area contributed by atoms with Crippen LogP contribution in [0.15, 0.2) is 18.2 Å². The fraction of sp³-hybridized carbons (Fsp3) is 0.385. The van der Waals surface area contributed by atoms with Gasteiger partial charge in [-0.15, -0.1) is 0 Å². The molecule has 120 valence electrons. The number of hydrogen-bond donors (Lipinski definition) is 2. The molecule has 1 aromatic carbocycles. The van der Waals surface area contributed by atoms with Gasteiger partial charge in [-0.1, -0.05) is 11.6 Å². The van der Waals surface area contributed by atoms with Crippen LogP contribution in [-0.4, -0.2) is 35.3 Å². The molecule has 22 heavy (non-hydrogen) atoms. The first-order valence-corrected chi connectivity index (χ1v) is 6.58. The highest BCUT2D eigenvalue weighted by Crippen LogP contribution is 2.31. The van der Waals surface area contributed by atoms with E-state index in [4.69, 9.17) is 21.4 Å². The lowest BCUT2D eigenvalue weighted by Gasteiger charge is -2.18. The summed E-state index contributed by atoms with van der Waals surface area (Å²) < 4.78 is 42.2. The number of ether oxygens (including phenoxy) is 1. The molecule has 0 spiro atoms. The lowest BCUT2D eigenvalue weighted by Crippen LogP contribution is -2.48. The molecule has 1 heterocycles. The number of alkyl halides is 3. The average molecular weight is 338 g/mol. The van der Waals surface area contributed by atoms with E-state index in [0.717, 1.165) is 0 Å². The first-order valence-electron chi connectivity index (χ1n) is 6.21. The molecule has 0 radical (unpaired) electrons. The minimum Gasteiger partial charge on any atom is -0.480 e. The van der Waals surface area contributed by atoms with Crippen molar-refractivity contribution < 1.29 is 32.6 Å². The highest BCUT2D eigenvalue weighted by Gasteiger charge is 2.38. The zero-order valence-corrected chi connectivity index (χ0v) is 11.7. The first kappa shape index (κ1) is 16.4. The molecule has 0 aromatic heterocycles. The molecule has 0 bridgehead atoms. The zero-order valence-electron chi connectivity index (χ0n) is 11.0. The Morgan fingerprint density at radius 3 is 2.73 bits per heavy atom. The van der Waals surface area contributed by atoms with Gasteiger partial charge in [0.05, 0.1) is 6.42 Å². The number of rotatable bonds is 4. The summed E-state index contributed by atoms with van der Waals surface area (Å²) >= 11 is 5.79. The number of carbonyl (C=O) groups is 2. The Bertz CT molecular complexity index is 605. The summed E-state index contributed by atoms with van der Waals surface area (Å²) in [7, 11) is 0. The number of aliphatic carboxylic acids is 1. The van der Waals surface area contributed by atoms with Crippen molar-refractivity contribution >= 4 is 23.5 Å². The SMILES string of the molecule is O=C(O)C(CC(F)(F)F)NC(=O)C1Cc2cc(Cl)ccc2O1. The van der Waals surface area contributed by atoms with Gasteiger partial charge in [-0.05, 0) is 23.8 Å². The summed E-state index contributed by atoms with van der Waals surface area (Å²) in [4.78, 5) is 22.7. The van der Waals surface area contributed by atoms with E-state index in [1.54, 1.807) is 12.1 Å². The van der Waals surface area contributed by atoms with E-state index in [0.29, 0.717) is 16.3 Å². The quantitative estimate of drug-likeness (QED) is 0.883. The molecule has 0 aliphatic carbocycles. The summed E-state index contributed by atoms with van der Waals surface area (Å²) in [5.41, 5.74) is 0.635. The summed E-state index contributed by atoms with van der Waals surface area (Å²) in [6.07, 6.45) is -7.33. The van der Waals surface area contributed by atoms with Gasteiger partial charge in [-0.3, -0.25) is 4.79 Å². The monoisotopic (exact) mass is 337 g/mol. The molecule has 2 atom stereocenters. The Labute approximate surface area is 128 Å². The second-order valence-electron chi connectivity index (χ2n) is 4.78. The van der Waals surface area contributed by atoms with Crippen LogP contribution in [0, 0.1) is 0 Å². The van der Waals surface area contributed by atoms with E-state index in [-0.39, 0.29) is 6.42 Å². The minimum atomic E-state index is -4.71. The number of carboxylic acids is 1. The molecule has 1 aromatic rings. The predicted octanol–water partition coefficient (Wildman–Crippen LogP) is 2.17. The molecule has 1 aliphatic rings. The summed E-state index contributed by atoms with van der Waals surface area (Å²) in [5.74, 6) is -2.28. The number of halogens is 4. The number of nitrogens with one attached hydrogen (secondary N) is 1. The molecule has 0 saturated heterocycles. The summed E-state index contributed by atoms with van der Waals surface area (Å²) in [6.45, 7) is 0. The highest BCUT2D eigenvalue weighted by atomic mass is 35.5. The molecule has 2 unspecified atom stereocenters. The summed E-state index contributed by atoms with van der Waals surface area (Å²) in [5, 5.41) is 11.0. The fourth-order valence-corrected chi connectivity index (χ4v) is 2.25. The summed E-state index contributed by atoms with van der Waals surface area (Å²) in [6, 6.07) is 2.61. The second kappa shape index (κ2) is 6.04. The lowest BCUT2D eigenvalue weighted by molar-refractivity contribution is -0.160. The average Bonchev–Trinajstić information content (AvgIpc) is 2.79. The number of benzene rings is 1. The Balaban J connectivity index is 2.02. The van der Waals surface area contributed by atoms with Gasteiger partial charge in [0, 0.05) is 11.4 Å². The molecular formula is C13H11ClF3NO4. The fourth-order valence-electron chi connectivity index (χ4n) is 2.06. The molecule has 1 aliphatic heterocycles. The molecule has 1 amide bonds. The third-order valence-corrected chi connectivity index (χ3v) is 3.27. The van der Waals surface area contributed by atoms with Crippen molar-refractivity contribution in [3.63, 3.8) is 0 Å². The van der Waals surface area contributed by atoms with E-state index in [1.165, 1.54) is 6.07 Å². The van der Waals surface area contributed by atoms with E-state index >= 15 is 0 Å². The number of carboxylic acid groups (broad SMARTS) is 1. The molecule has 2 rings (SSSR count). The maximum absolute atomic E-state index is 12.3. The van der Waals surface area contributed by atoms with Crippen molar-refractivity contribution in [2.24, 2.45) is 0 Å². The van der Waals surface area contributed by atoms with Gasteiger partial charge in [0.25, 0.3) is 5.91 Å². The van der Waals surface area contributed by atoms with Gasteiger partial charge in [0.2, 0.25) is 0 Å². The van der Waals surface area contributed by atoms with Crippen molar-refractivity contribution in [3.8, 4) is 5.75 Å². The van der Waals surface area contributed by atoms with Crippen molar-refractivity contribution in [1.29, 1.82) is 0 Å². The third-order valence-electron chi connectivity index (χ3n) is 3.04. The van der Waals surface area contributed by atoms with Crippen molar-refractivity contribution in [1.82, 2.24) is 5.32 Å². The van der Waals surface area contributed by atoms with Crippen LogP contribution >= 0.6 is 11.6 Å². The van der Waals surface area contributed by atoms with Gasteiger partial charge >= 0.3 is 12.1 Å². The smallest absolute Gasteiger partial charge is 0.391 e. The minimum absolute atomic E-state index is 0.111. The van der Waals surface area contributed by atoms with E-state index in [1.807, 2.05) is 5.32 Å². The van der Waals surface area contributed by atoms with Gasteiger partial charge in [0.15, 0.2) is 6.10 Å². The third kappa shape index (κ3) is 4.03. The number of carbonyl (C=O) groups excluding carboxylic acids is 1. The van der Waals surface area contributed by atoms with Crippen LogP contribution in [0.4, 0.5) is 13.2 Å². The zero-order chi connectivity index (χ0) is 16.5. The standard InChI is InChI=1S/C13H11ClF3NO4/c14-7-1-2-9-6(3-7)4-10(22-9)11(19)18-8(12(20)21)5-13(15,16)17/h1-3,8,10H,4-5H2,(H,18,19)(H,20,21). The largest absolute Gasteiger partial charge is 0.480 e. The van der Waals surface area contributed by atoms with Gasteiger partial charge in [-0.2, -0.15) is 13.2 Å². The Morgan fingerprint density at radius 1 is 1.45 bits per heavy atom. The van der Waals surface area contributed by atoms with Crippen LogP contribution in [0.25, 0.3) is 0 Å². The Morgan fingerprint density at radius 2 is 2.14 bits per heavy atom. The molecular weight excluding hydrogens is 327 g/mol. The molecule has 0 fully saturated rings. The highest BCUT2D eigenvalue weighted by molar-refractivity contribution is 6.30. The van der Waals surface area contributed by atoms with E-state index in [2.05, 4.69) is 0 Å². The van der Waals surface area contributed by atoms with Crippen LogP contribution < -0.4 is 10.1 Å². The topological polar surface area (TPSA) is 75.6 Å². The van der Waals surface area contributed by atoms with Crippen molar-refractivity contribution in [2.75, 3.05) is 0 Å². The van der Waals surface area contributed by atoms with Crippen molar-refractivity contribution in [2.45, 2.75) is 31.2 Å². The normalized spacial score (nSPS) is 18.3. The molecule has 5 nitrogen and oxygen atoms in total. The van der Waals surface area contributed by atoms with Gasteiger partial charge in [-0.25, -0.2) is 4.79 Å². The van der Waals surface area contributed by atoms with Crippen molar-refractivity contribution in [3.05, 3.63) is 28.8 Å². The van der Waals surface area contributed by atoms with Crippen LogP contribution in [0.5, 0.6) is 5.75 Å².